The minimum absolute atomic E-state index is 0.104. The van der Waals surface area contributed by atoms with Gasteiger partial charge in [0.25, 0.3) is 0 Å². The zero-order valence-corrected chi connectivity index (χ0v) is 11.2. The van der Waals surface area contributed by atoms with Gasteiger partial charge in [0.15, 0.2) is 0 Å². The van der Waals surface area contributed by atoms with Gasteiger partial charge in [0.05, 0.1) is 5.02 Å². The molecule has 0 amide bonds. The molecule has 0 saturated heterocycles. The molecule has 0 fully saturated rings. The molecule has 0 aromatic carbocycles. The molecule has 2 aromatic rings. The van der Waals surface area contributed by atoms with Crippen LogP contribution in [-0.4, -0.2) is 28.2 Å². The zero-order valence-electron chi connectivity index (χ0n) is 10.5. The first-order valence-electron chi connectivity index (χ1n) is 6.14. The lowest BCUT2D eigenvalue weighted by Gasteiger charge is -2.15. The van der Waals surface area contributed by atoms with E-state index in [4.69, 9.17) is 11.6 Å². The van der Waals surface area contributed by atoms with Gasteiger partial charge in [-0.15, -0.1) is 0 Å². The van der Waals surface area contributed by atoms with Gasteiger partial charge < -0.3 is 10.4 Å². The van der Waals surface area contributed by atoms with Crippen LogP contribution in [0.25, 0.3) is 0 Å². The summed E-state index contributed by atoms with van der Waals surface area (Å²) in [5, 5.41) is 13.2. The summed E-state index contributed by atoms with van der Waals surface area (Å²) in [6, 6.07) is 9.39. The highest BCUT2D eigenvalue weighted by atomic mass is 35.5. The van der Waals surface area contributed by atoms with Crippen molar-refractivity contribution in [2.45, 2.75) is 6.42 Å². The van der Waals surface area contributed by atoms with Crippen molar-refractivity contribution in [3.05, 3.63) is 53.4 Å². The van der Waals surface area contributed by atoms with E-state index in [1.54, 1.807) is 18.5 Å². The maximum atomic E-state index is 9.40. The minimum Gasteiger partial charge on any atom is -0.396 e. The molecule has 4 nitrogen and oxygen atoms in total. The van der Waals surface area contributed by atoms with Crippen LogP contribution in [-0.2, 0) is 6.42 Å². The summed E-state index contributed by atoms with van der Waals surface area (Å²) in [4.78, 5) is 8.41. The molecule has 1 atom stereocenters. The number of hydrogen-bond acceptors (Lipinski definition) is 4. The molecule has 2 N–H and O–H groups in total. The van der Waals surface area contributed by atoms with Crippen molar-refractivity contribution in [3.63, 3.8) is 0 Å². The highest BCUT2D eigenvalue weighted by molar-refractivity contribution is 6.30. The van der Waals surface area contributed by atoms with Gasteiger partial charge in [0.2, 0.25) is 0 Å². The lowest BCUT2D eigenvalue weighted by Crippen LogP contribution is -2.21. The van der Waals surface area contributed by atoms with Crippen LogP contribution in [0.2, 0.25) is 5.02 Å². The molecule has 5 heteroatoms. The second-order valence-electron chi connectivity index (χ2n) is 4.32. The minimum atomic E-state index is 0.104. The van der Waals surface area contributed by atoms with E-state index in [1.165, 1.54) is 0 Å². The molecule has 0 aliphatic carbocycles. The third-order valence-corrected chi connectivity index (χ3v) is 3.00. The molecular weight excluding hydrogens is 262 g/mol. The van der Waals surface area contributed by atoms with E-state index in [0.717, 1.165) is 17.9 Å². The van der Waals surface area contributed by atoms with Crippen LogP contribution in [0.15, 0.2) is 42.7 Å². The van der Waals surface area contributed by atoms with Gasteiger partial charge in [-0.3, -0.25) is 4.98 Å². The molecule has 2 rings (SSSR count). The fourth-order valence-electron chi connectivity index (χ4n) is 1.75. The second-order valence-corrected chi connectivity index (χ2v) is 4.75. The Hall–Kier alpha value is -1.65. The Labute approximate surface area is 117 Å². The number of aliphatic hydroxyl groups excluding tert-OH is 1. The first kappa shape index (κ1) is 13.8. The summed E-state index contributed by atoms with van der Waals surface area (Å²) in [6.07, 6.45) is 4.09. The molecule has 19 heavy (non-hydrogen) atoms. The molecule has 0 spiro atoms. The number of anilines is 1. The number of nitrogens with zero attached hydrogens (tertiary/aromatic N) is 2. The predicted octanol–water partition coefficient (Wildman–Crippen LogP) is 2.39. The standard InChI is InChI=1S/C14H16ClN3O/c15-12-4-5-14(18-9-12)17-8-11(10-19)7-13-3-1-2-6-16-13/h1-6,9,11,19H,7-8,10H2,(H,17,18)/t11-/m1/s1. The van der Waals surface area contributed by atoms with Crippen molar-refractivity contribution in [2.75, 3.05) is 18.5 Å². The number of rotatable bonds is 6. The van der Waals surface area contributed by atoms with Crippen molar-refractivity contribution in [1.29, 1.82) is 0 Å². The van der Waals surface area contributed by atoms with Gasteiger partial charge in [-0.25, -0.2) is 4.98 Å². The van der Waals surface area contributed by atoms with E-state index in [-0.39, 0.29) is 12.5 Å². The Morgan fingerprint density at radius 3 is 2.74 bits per heavy atom. The van der Waals surface area contributed by atoms with Gasteiger partial charge in [0.1, 0.15) is 5.82 Å². The number of hydrogen-bond donors (Lipinski definition) is 2. The summed E-state index contributed by atoms with van der Waals surface area (Å²) in [5.74, 6) is 0.858. The van der Waals surface area contributed by atoms with E-state index in [0.29, 0.717) is 11.6 Å². The summed E-state index contributed by atoms with van der Waals surface area (Å²) >= 11 is 5.77. The summed E-state index contributed by atoms with van der Waals surface area (Å²) in [7, 11) is 0. The Balaban J connectivity index is 1.87. The van der Waals surface area contributed by atoms with Gasteiger partial charge in [-0.2, -0.15) is 0 Å². The number of nitrogens with one attached hydrogen (secondary N) is 1. The number of aliphatic hydroxyl groups is 1. The summed E-state index contributed by atoms with van der Waals surface area (Å²) in [5.41, 5.74) is 0.979. The van der Waals surface area contributed by atoms with Crippen LogP contribution >= 0.6 is 11.6 Å². The molecule has 0 bridgehead atoms. The first-order chi connectivity index (χ1) is 9.28. The molecule has 2 heterocycles. The summed E-state index contributed by atoms with van der Waals surface area (Å²) < 4.78 is 0. The van der Waals surface area contributed by atoms with Crippen LogP contribution < -0.4 is 5.32 Å². The Morgan fingerprint density at radius 2 is 2.11 bits per heavy atom. The maximum Gasteiger partial charge on any atom is 0.125 e. The van der Waals surface area contributed by atoms with Crippen molar-refractivity contribution < 1.29 is 5.11 Å². The van der Waals surface area contributed by atoms with E-state index in [1.807, 2.05) is 24.3 Å². The molecule has 0 radical (unpaired) electrons. The van der Waals surface area contributed by atoms with Gasteiger partial charge >= 0.3 is 0 Å². The number of pyridine rings is 2. The third-order valence-electron chi connectivity index (χ3n) is 2.78. The molecule has 0 aliphatic heterocycles. The molecule has 100 valence electrons. The van der Waals surface area contributed by atoms with E-state index >= 15 is 0 Å². The number of halogens is 1. The van der Waals surface area contributed by atoms with Crippen LogP contribution in [0.4, 0.5) is 5.82 Å². The van der Waals surface area contributed by atoms with E-state index in [2.05, 4.69) is 15.3 Å². The average molecular weight is 278 g/mol. The molecular formula is C14H16ClN3O. The largest absolute Gasteiger partial charge is 0.396 e. The fourth-order valence-corrected chi connectivity index (χ4v) is 1.86. The van der Waals surface area contributed by atoms with Gasteiger partial charge in [-0.1, -0.05) is 17.7 Å². The zero-order chi connectivity index (χ0) is 13.5. The van der Waals surface area contributed by atoms with Crippen molar-refractivity contribution in [3.8, 4) is 0 Å². The molecule has 0 saturated carbocycles. The van der Waals surface area contributed by atoms with Gasteiger partial charge in [-0.05, 0) is 30.7 Å². The third kappa shape index (κ3) is 4.50. The maximum absolute atomic E-state index is 9.40. The topological polar surface area (TPSA) is 58.0 Å². The van der Waals surface area contributed by atoms with E-state index in [9.17, 15) is 5.11 Å². The predicted molar refractivity (Wildman–Crippen MR) is 76.3 cm³/mol. The van der Waals surface area contributed by atoms with Crippen LogP contribution in [0.3, 0.4) is 0 Å². The highest BCUT2D eigenvalue weighted by Crippen LogP contribution is 2.11. The summed E-state index contributed by atoms with van der Waals surface area (Å²) in [6.45, 7) is 0.749. The SMILES string of the molecule is OC[C@@H](CNc1ccc(Cl)cn1)Cc1ccccn1. The smallest absolute Gasteiger partial charge is 0.125 e. The Bertz CT molecular complexity index is 490. The van der Waals surface area contributed by atoms with Gasteiger partial charge in [0, 0.05) is 37.2 Å². The van der Waals surface area contributed by atoms with Crippen molar-refractivity contribution in [2.24, 2.45) is 5.92 Å². The van der Waals surface area contributed by atoms with E-state index < -0.39 is 0 Å². The van der Waals surface area contributed by atoms with Crippen LogP contribution in [0, 0.1) is 5.92 Å². The highest BCUT2D eigenvalue weighted by Gasteiger charge is 2.09. The molecule has 0 aliphatic rings. The Morgan fingerprint density at radius 1 is 1.21 bits per heavy atom. The second kappa shape index (κ2) is 7.07. The van der Waals surface area contributed by atoms with Crippen LogP contribution in [0.1, 0.15) is 5.69 Å². The van der Waals surface area contributed by atoms with Crippen LogP contribution in [0.5, 0.6) is 0 Å². The van der Waals surface area contributed by atoms with Crippen molar-refractivity contribution >= 4 is 17.4 Å². The fraction of sp³-hybridized carbons (Fsp3) is 0.286. The first-order valence-corrected chi connectivity index (χ1v) is 6.52. The molecule has 0 unspecified atom stereocenters. The lowest BCUT2D eigenvalue weighted by atomic mass is 10.0. The Kier molecular flexibility index (Phi) is 5.12. The average Bonchev–Trinajstić information content (AvgIpc) is 2.46. The number of aromatic nitrogens is 2. The monoisotopic (exact) mass is 277 g/mol. The normalized spacial score (nSPS) is 12.1. The molecule has 2 aromatic heterocycles. The lowest BCUT2D eigenvalue weighted by molar-refractivity contribution is 0.232. The van der Waals surface area contributed by atoms with Crippen molar-refractivity contribution in [1.82, 2.24) is 9.97 Å². The quantitative estimate of drug-likeness (QED) is 0.851.